The quantitative estimate of drug-likeness (QED) is 0.788. The Labute approximate surface area is 147 Å². The van der Waals surface area contributed by atoms with Gasteiger partial charge in [-0.2, -0.15) is 0 Å². The fourth-order valence-electron chi connectivity index (χ4n) is 3.53. The Morgan fingerprint density at radius 2 is 1.92 bits per heavy atom. The second-order valence-corrected chi connectivity index (χ2v) is 6.96. The average molecular weight is 344 g/mol. The highest BCUT2D eigenvalue weighted by molar-refractivity contribution is 6.01. The molecule has 1 unspecified atom stereocenters. The number of carbonyl (C=O) groups excluding carboxylic acids is 3. The minimum Gasteiger partial charge on any atom is -0.465 e. The first-order valence-corrected chi connectivity index (χ1v) is 8.77. The first-order valence-electron chi connectivity index (χ1n) is 8.77. The minimum absolute atomic E-state index is 0.0758. The van der Waals surface area contributed by atoms with Gasteiger partial charge in [0.2, 0.25) is 11.8 Å². The van der Waals surface area contributed by atoms with Gasteiger partial charge in [-0.1, -0.05) is 13.0 Å². The molecule has 0 aliphatic carbocycles. The molecule has 6 nitrogen and oxygen atoms in total. The summed E-state index contributed by atoms with van der Waals surface area (Å²) in [6.45, 7) is 4.14. The number of piperidine rings is 1. The topological polar surface area (TPSA) is 66.9 Å². The van der Waals surface area contributed by atoms with Gasteiger partial charge in [-0.3, -0.25) is 9.59 Å². The number of carbonyl (C=O) groups is 3. The van der Waals surface area contributed by atoms with E-state index in [0.717, 1.165) is 25.9 Å². The zero-order valence-corrected chi connectivity index (χ0v) is 14.7. The van der Waals surface area contributed by atoms with E-state index < -0.39 is 5.97 Å². The summed E-state index contributed by atoms with van der Waals surface area (Å²) in [4.78, 5) is 40.3. The van der Waals surface area contributed by atoms with Gasteiger partial charge in [-0.05, 0) is 37.0 Å². The third-order valence-electron chi connectivity index (χ3n) is 5.15. The monoisotopic (exact) mass is 344 g/mol. The van der Waals surface area contributed by atoms with Gasteiger partial charge in [0.05, 0.1) is 18.6 Å². The fraction of sp³-hybridized carbons (Fsp3) is 0.526. The lowest BCUT2D eigenvalue weighted by Gasteiger charge is -2.32. The van der Waals surface area contributed by atoms with E-state index in [1.165, 1.54) is 7.11 Å². The Kier molecular flexibility index (Phi) is 5.06. The van der Waals surface area contributed by atoms with Gasteiger partial charge in [0.1, 0.15) is 0 Å². The molecule has 0 saturated carbocycles. The number of anilines is 1. The summed E-state index contributed by atoms with van der Waals surface area (Å²) in [6.07, 6.45) is 2.28. The average Bonchev–Trinajstić information content (AvgIpc) is 3.03. The Bertz CT molecular complexity index is 680. The van der Waals surface area contributed by atoms with Crippen molar-refractivity contribution in [1.29, 1.82) is 0 Å². The number of hydrogen-bond acceptors (Lipinski definition) is 4. The Hall–Kier alpha value is -2.37. The molecule has 134 valence electrons. The van der Waals surface area contributed by atoms with Gasteiger partial charge in [-0.25, -0.2) is 4.79 Å². The predicted molar refractivity (Wildman–Crippen MR) is 93.2 cm³/mol. The second-order valence-electron chi connectivity index (χ2n) is 6.96. The van der Waals surface area contributed by atoms with Gasteiger partial charge in [0.15, 0.2) is 0 Å². The number of likely N-dealkylation sites (tertiary alicyclic amines) is 1. The highest BCUT2D eigenvalue weighted by atomic mass is 16.5. The molecule has 2 saturated heterocycles. The number of amides is 2. The third kappa shape index (κ3) is 3.67. The largest absolute Gasteiger partial charge is 0.465 e. The highest BCUT2D eigenvalue weighted by Crippen LogP contribution is 2.28. The number of esters is 1. The van der Waals surface area contributed by atoms with Crippen LogP contribution < -0.4 is 4.90 Å². The maximum absolute atomic E-state index is 12.7. The molecule has 1 atom stereocenters. The maximum Gasteiger partial charge on any atom is 0.337 e. The lowest BCUT2D eigenvalue weighted by atomic mass is 9.97. The summed E-state index contributed by atoms with van der Waals surface area (Å²) in [5.41, 5.74) is 1.03. The standard InChI is InChI=1S/C19H24N2O4/c1-13-6-8-20(9-7-13)18(23)15-11-17(22)21(12-15)16-5-3-4-14(10-16)19(24)25-2/h3-5,10,13,15H,6-9,11-12H2,1-2H3. The molecule has 3 rings (SSSR count). The minimum atomic E-state index is -0.441. The first kappa shape index (κ1) is 17.5. The van der Waals surface area contributed by atoms with E-state index in [1.54, 1.807) is 29.2 Å². The highest BCUT2D eigenvalue weighted by Gasteiger charge is 2.37. The van der Waals surface area contributed by atoms with E-state index in [1.807, 2.05) is 4.90 Å². The number of methoxy groups -OCH3 is 1. The van der Waals surface area contributed by atoms with E-state index in [2.05, 4.69) is 6.92 Å². The molecule has 0 N–H and O–H groups in total. The van der Waals surface area contributed by atoms with Crippen LogP contribution in [0.4, 0.5) is 5.69 Å². The van der Waals surface area contributed by atoms with Crippen LogP contribution in [-0.2, 0) is 14.3 Å². The molecule has 1 aromatic carbocycles. The smallest absolute Gasteiger partial charge is 0.337 e. The van der Waals surface area contributed by atoms with Crippen LogP contribution in [0.2, 0.25) is 0 Å². The van der Waals surface area contributed by atoms with E-state index in [4.69, 9.17) is 4.74 Å². The summed E-state index contributed by atoms with van der Waals surface area (Å²) >= 11 is 0. The van der Waals surface area contributed by atoms with Crippen molar-refractivity contribution < 1.29 is 19.1 Å². The Morgan fingerprint density at radius 3 is 2.60 bits per heavy atom. The lowest BCUT2D eigenvalue weighted by molar-refractivity contribution is -0.137. The molecule has 2 aliphatic heterocycles. The number of hydrogen-bond donors (Lipinski definition) is 0. The van der Waals surface area contributed by atoms with Gasteiger partial charge in [-0.15, -0.1) is 0 Å². The van der Waals surface area contributed by atoms with Gasteiger partial charge >= 0.3 is 5.97 Å². The SMILES string of the molecule is COC(=O)c1cccc(N2CC(C(=O)N3CCC(C)CC3)CC2=O)c1. The van der Waals surface area contributed by atoms with Crippen molar-refractivity contribution in [3.63, 3.8) is 0 Å². The Morgan fingerprint density at radius 1 is 1.20 bits per heavy atom. The third-order valence-corrected chi connectivity index (χ3v) is 5.15. The van der Waals surface area contributed by atoms with Crippen LogP contribution in [0.1, 0.15) is 36.5 Å². The molecule has 2 heterocycles. The molecule has 0 bridgehead atoms. The summed E-state index contributed by atoms with van der Waals surface area (Å²) in [5.74, 6) is -0.0873. The van der Waals surface area contributed by atoms with Crippen molar-refractivity contribution in [1.82, 2.24) is 4.90 Å². The molecule has 1 aromatic rings. The zero-order chi connectivity index (χ0) is 18.0. The van der Waals surface area contributed by atoms with Gasteiger partial charge < -0.3 is 14.5 Å². The van der Waals surface area contributed by atoms with Crippen molar-refractivity contribution in [3.8, 4) is 0 Å². The number of rotatable bonds is 3. The molecule has 2 amide bonds. The summed E-state index contributed by atoms with van der Waals surface area (Å²) in [5, 5.41) is 0. The van der Waals surface area contributed by atoms with Crippen LogP contribution in [-0.4, -0.2) is 49.4 Å². The molecule has 25 heavy (non-hydrogen) atoms. The van der Waals surface area contributed by atoms with Crippen molar-refractivity contribution in [2.75, 3.05) is 31.6 Å². The second kappa shape index (κ2) is 7.25. The van der Waals surface area contributed by atoms with E-state index in [9.17, 15) is 14.4 Å². The maximum atomic E-state index is 12.7. The molecule has 2 fully saturated rings. The van der Waals surface area contributed by atoms with Gasteiger partial charge in [0.25, 0.3) is 0 Å². The van der Waals surface area contributed by atoms with Crippen LogP contribution in [0.25, 0.3) is 0 Å². The summed E-state index contributed by atoms with van der Waals surface area (Å²) in [7, 11) is 1.32. The summed E-state index contributed by atoms with van der Waals surface area (Å²) < 4.78 is 4.72. The van der Waals surface area contributed by atoms with Crippen molar-refractivity contribution >= 4 is 23.5 Å². The molecule has 0 aromatic heterocycles. The van der Waals surface area contributed by atoms with Crippen molar-refractivity contribution in [2.45, 2.75) is 26.2 Å². The molecule has 0 radical (unpaired) electrons. The predicted octanol–water partition coefficient (Wildman–Crippen LogP) is 2.08. The zero-order valence-electron chi connectivity index (χ0n) is 14.7. The first-order chi connectivity index (χ1) is 12.0. The number of benzene rings is 1. The molecule has 6 heteroatoms. The van der Waals surface area contributed by atoms with E-state index in [0.29, 0.717) is 23.7 Å². The molecular formula is C19H24N2O4. The number of nitrogens with zero attached hydrogens (tertiary/aromatic N) is 2. The van der Waals surface area contributed by atoms with Crippen molar-refractivity contribution in [3.05, 3.63) is 29.8 Å². The normalized spacial score (nSPS) is 21.5. The number of ether oxygens (including phenoxy) is 1. The fourth-order valence-corrected chi connectivity index (χ4v) is 3.53. The van der Waals surface area contributed by atoms with Crippen LogP contribution in [0, 0.1) is 11.8 Å². The van der Waals surface area contributed by atoms with E-state index in [-0.39, 0.29) is 24.2 Å². The molecular weight excluding hydrogens is 320 g/mol. The van der Waals surface area contributed by atoms with Crippen LogP contribution in [0.3, 0.4) is 0 Å². The molecule has 2 aliphatic rings. The van der Waals surface area contributed by atoms with Crippen LogP contribution in [0.15, 0.2) is 24.3 Å². The van der Waals surface area contributed by atoms with Crippen molar-refractivity contribution in [2.24, 2.45) is 11.8 Å². The van der Waals surface area contributed by atoms with E-state index >= 15 is 0 Å². The van der Waals surface area contributed by atoms with Crippen LogP contribution in [0.5, 0.6) is 0 Å². The summed E-state index contributed by atoms with van der Waals surface area (Å²) in [6, 6.07) is 6.78. The van der Waals surface area contributed by atoms with Gasteiger partial charge in [0, 0.05) is 31.7 Å². The van der Waals surface area contributed by atoms with Crippen LogP contribution >= 0.6 is 0 Å². The molecule has 0 spiro atoms. The lowest BCUT2D eigenvalue weighted by Crippen LogP contribution is -2.42. The Balaban J connectivity index is 1.70.